The van der Waals surface area contributed by atoms with E-state index in [4.69, 9.17) is 0 Å². The minimum Gasteiger partial charge on any atom is -0.396 e. The molecule has 2 fully saturated rings. The monoisotopic (exact) mass is 166 g/mol. The first-order valence-electron chi connectivity index (χ1n) is 4.69. The highest BCUT2D eigenvalue weighted by molar-refractivity contribution is 5.34. The summed E-state index contributed by atoms with van der Waals surface area (Å²) in [7, 11) is 0. The van der Waals surface area contributed by atoms with Gasteiger partial charge in [0.2, 0.25) is 0 Å². The Hall–Kier alpha value is -0.340. The zero-order chi connectivity index (χ0) is 8.40. The zero-order valence-corrected chi connectivity index (χ0v) is 7.03. The highest BCUT2D eigenvalue weighted by atomic mass is 16.3. The standard InChI is InChI=1S/C10H14O2/c11-5-9-4-10(9,6-12)8-2-1-7(9)3-8/h1-2,7-8,11-12H,3-6H2/t7-,8+,9-,10+. The molecule has 3 aliphatic carbocycles. The second kappa shape index (κ2) is 1.78. The number of allylic oxidation sites excluding steroid dienone is 2. The summed E-state index contributed by atoms with van der Waals surface area (Å²) in [5.41, 5.74) is 0.169. The number of hydrogen-bond donors (Lipinski definition) is 2. The minimum absolute atomic E-state index is 0.0845. The van der Waals surface area contributed by atoms with E-state index in [2.05, 4.69) is 12.2 Å². The average Bonchev–Trinajstić information content (AvgIpc) is 2.47. The maximum absolute atomic E-state index is 9.34. The molecule has 0 aromatic carbocycles. The smallest absolute Gasteiger partial charge is 0.0499 e. The van der Waals surface area contributed by atoms with Crippen LogP contribution in [0.1, 0.15) is 12.8 Å². The van der Waals surface area contributed by atoms with Gasteiger partial charge in [-0.2, -0.15) is 0 Å². The third-order valence-electron chi connectivity index (χ3n) is 4.56. The number of aliphatic hydroxyl groups is 2. The van der Waals surface area contributed by atoms with Crippen molar-refractivity contribution in [3.05, 3.63) is 12.2 Å². The highest BCUT2D eigenvalue weighted by Crippen LogP contribution is 2.80. The summed E-state index contributed by atoms with van der Waals surface area (Å²) in [6, 6.07) is 0. The van der Waals surface area contributed by atoms with Gasteiger partial charge in [0.25, 0.3) is 0 Å². The Labute approximate surface area is 71.9 Å². The van der Waals surface area contributed by atoms with Gasteiger partial charge in [-0.25, -0.2) is 0 Å². The first kappa shape index (κ1) is 7.10. The predicted molar refractivity (Wildman–Crippen MR) is 44.4 cm³/mol. The van der Waals surface area contributed by atoms with Crippen LogP contribution in [0.25, 0.3) is 0 Å². The molecule has 3 aliphatic rings. The normalized spacial score (nSPS) is 59.2. The van der Waals surface area contributed by atoms with Crippen molar-refractivity contribution in [2.24, 2.45) is 22.7 Å². The van der Waals surface area contributed by atoms with Gasteiger partial charge in [0, 0.05) is 24.0 Å². The molecule has 66 valence electrons. The molecular formula is C10H14O2. The van der Waals surface area contributed by atoms with Gasteiger partial charge in [-0.15, -0.1) is 0 Å². The number of aliphatic hydroxyl groups excluding tert-OH is 2. The van der Waals surface area contributed by atoms with Gasteiger partial charge in [0.05, 0.1) is 0 Å². The van der Waals surface area contributed by atoms with Crippen LogP contribution in [0.15, 0.2) is 12.2 Å². The lowest BCUT2D eigenvalue weighted by atomic mass is 9.84. The summed E-state index contributed by atoms with van der Waals surface area (Å²) in [4.78, 5) is 0. The van der Waals surface area contributed by atoms with Crippen LogP contribution in [0, 0.1) is 22.7 Å². The van der Waals surface area contributed by atoms with Crippen molar-refractivity contribution >= 4 is 0 Å². The molecule has 0 aliphatic heterocycles. The van der Waals surface area contributed by atoms with E-state index < -0.39 is 0 Å². The SMILES string of the molecule is OC[C@@]12C[C@]1(CO)[C@H]1C=C[C@@H]2C1. The molecule has 12 heavy (non-hydrogen) atoms. The van der Waals surface area contributed by atoms with Gasteiger partial charge in [-0.3, -0.25) is 0 Å². The van der Waals surface area contributed by atoms with Crippen LogP contribution in [0.4, 0.5) is 0 Å². The van der Waals surface area contributed by atoms with Crippen LogP contribution >= 0.6 is 0 Å². The van der Waals surface area contributed by atoms with Crippen molar-refractivity contribution in [2.45, 2.75) is 12.8 Å². The topological polar surface area (TPSA) is 40.5 Å². The largest absolute Gasteiger partial charge is 0.396 e. The molecule has 0 heterocycles. The van der Waals surface area contributed by atoms with Crippen molar-refractivity contribution in [3.63, 3.8) is 0 Å². The number of hydrogen-bond acceptors (Lipinski definition) is 2. The lowest BCUT2D eigenvalue weighted by Crippen LogP contribution is -2.25. The van der Waals surface area contributed by atoms with Gasteiger partial charge in [0.15, 0.2) is 0 Å². The molecule has 2 bridgehead atoms. The average molecular weight is 166 g/mol. The van der Waals surface area contributed by atoms with E-state index in [-0.39, 0.29) is 24.0 Å². The van der Waals surface area contributed by atoms with Crippen molar-refractivity contribution in [3.8, 4) is 0 Å². The molecule has 4 atom stereocenters. The minimum atomic E-state index is 0.0845. The summed E-state index contributed by atoms with van der Waals surface area (Å²) in [6.45, 7) is 0.526. The second-order valence-corrected chi connectivity index (χ2v) is 4.64. The van der Waals surface area contributed by atoms with E-state index in [1.165, 1.54) is 6.42 Å². The maximum atomic E-state index is 9.34. The molecule has 0 unspecified atom stereocenters. The van der Waals surface area contributed by atoms with E-state index in [9.17, 15) is 10.2 Å². The fourth-order valence-corrected chi connectivity index (χ4v) is 3.70. The Bertz CT molecular complexity index is 237. The molecule has 3 rings (SSSR count). The molecule has 0 amide bonds. The third kappa shape index (κ3) is 0.461. The second-order valence-electron chi connectivity index (χ2n) is 4.64. The van der Waals surface area contributed by atoms with Crippen LogP contribution in [0.2, 0.25) is 0 Å². The van der Waals surface area contributed by atoms with Crippen LogP contribution in [-0.2, 0) is 0 Å². The summed E-state index contributed by atoms with van der Waals surface area (Å²) >= 11 is 0. The van der Waals surface area contributed by atoms with Crippen LogP contribution in [0.5, 0.6) is 0 Å². The fourth-order valence-electron chi connectivity index (χ4n) is 3.70. The van der Waals surface area contributed by atoms with Gasteiger partial charge in [-0.1, -0.05) is 12.2 Å². The van der Waals surface area contributed by atoms with Crippen molar-refractivity contribution in [1.82, 2.24) is 0 Å². The Morgan fingerprint density at radius 2 is 1.58 bits per heavy atom. The maximum Gasteiger partial charge on any atom is 0.0499 e. The van der Waals surface area contributed by atoms with E-state index in [1.807, 2.05) is 0 Å². The molecule has 2 N–H and O–H groups in total. The lowest BCUT2D eigenvalue weighted by Gasteiger charge is -2.23. The van der Waals surface area contributed by atoms with Gasteiger partial charge < -0.3 is 10.2 Å². The third-order valence-corrected chi connectivity index (χ3v) is 4.56. The first-order chi connectivity index (χ1) is 5.79. The fraction of sp³-hybridized carbons (Fsp3) is 0.800. The van der Waals surface area contributed by atoms with Crippen molar-refractivity contribution < 1.29 is 10.2 Å². The van der Waals surface area contributed by atoms with Gasteiger partial charge >= 0.3 is 0 Å². The first-order valence-corrected chi connectivity index (χ1v) is 4.69. The van der Waals surface area contributed by atoms with Crippen LogP contribution < -0.4 is 0 Å². The van der Waals surface area contributed by atoms with Crippen molar-refractivity contribution in [1.29, 1.82) is 0 Å². The summed E-state index contributed by atoms with van der Waals surface area (Å²) in [5, 5.41) is 18.7. The summed E-state index contributed by atoms with van der Waals surface area (Å²) in [6.07, 6.45) is 6.68. The molecule has 2 heteroatoms. The molecule has 0 radical (unpaired) electrons. The molecule has 0 saturated heterocycles. The molecule has 0 spiro atoms. The number of rotatable bonds is 2. The summed E-state index contributed by atoms with van der Waals surface area (Å²) < 4.78 is 0. The van der Waals surface area contributed by atoms with E-state index in [0.717, 1.165) is 6.42 Å². The molecule has 2 saturated carbocycles. The Morgan fingerprint density at radius 1 is 1.08 bits per heavy atom. The molecule has 2 nitrogen and oxygen atoms in total. The van der Waals surface area contributed by atoms with Crippen LogP contribution in [-0.4, -0.2) is 23.4 Å². The summed E-state index contributed by atoms with van der Waals surface area (Å²) in [5.74, 6) is 1.11. The Balaban J connectivity index is 2.04. The Morgan fingerprint density at radius 3 is 2.00 bits per heavy atom. The molecular weight excluding hydrogens is 152 g/mol. The lowest BCUT2D eigenvalue weighted by molar-refractivity contribution is 0.112. The van der Waals surface area contributed by atoms with E-state index in [0.29, 0.717) is 11.8 Å². The highest BCUT2D eigenvalue weighted by Gasteiger charge is 2.77. The number of fused-ring (bicyclic) bond motifs is 5. The zero-order valence-electron chi connectivity index (χ0n) is 7.03. The quantitative estimate of drug-likeness (QED) is 0.588. The van der Waals surface area contributed by atoms with Gasteiger partial charge in [0.1, 0.15) is 0 Å². The van der Waals surface area contributed by atoms with Gasteiger partial charge in [-0.05, 0) is 24.7 Å². The molecule has 0 aromatic heterocycles. The van der Waals surface area contributed by atoms with Crippen LogP contribution in [0.3, 0.4) is 0 Å². The van der Waals surface area contributed by atoms with Crippen molar-refractivity contribution in [2.75, 3.05) is 13.2 Å². The Kier molecular flexibility index (Phi) is 1.05. The van der Waals surface area contributed by atoms with E-state index >= 15 is 0 Å². The molecule has 0 aromatic rings. The predicted octanol–water partition coefficient (Wildman–Crippen LogP) is 0.553. The van der Waals surface area contributed by atoms with E-state index in [1.54, 1.807) is 0 Å².